The third-order valence-electron chi connectivity index (χ3n) is 2.93. The Morgan fingerprint density at radius 2 is 2.05 bits per heavy atom. The van der Waals surface area contributed by atoms with Crippen LogP contribution in [0.3, 0.4) is 0 Å². The fourth-order valence-electron chi connectivity index (χ4n) is 1.78. The van der Waals surface area contributed by atoms with Crippen molar-refractivity contribution < 1.29 is 14.3 Å². The number of rotatable bonds is 2. The topological polar surface area (TPSA) is 40.5 Å². The van der Waals surface area contributed by atoms with E-state index in [0.29, 0.717) is 10.6 Å². The average Bonchev–Trinajstić information content (AvgIpc) is 2.85. The summed E-state index contributed by atoms with van der Waals surface area (Å²) in [6.45, 7) is 1.66. The molecule has 0 aliphatic heterocycles. The first-order valence-corrected chi connectivity index (χ1v) is 7.08. The van der Waals surface area contributed by atoms with Crippen LogP contribution in [-0.2, 0) is 0 Å². The highest BCUT2D eigenvalue weighted by Gasteiger charge is 2.17. The van der Waals surface area contributed by atoms with Gasteiger partial charge in [0.05, 0.1) is 9.75 Å². The minimum absolute atomic E-state index is 0.174. The maximum absolute atomic E-state index is 12.9. The molecular weight excluding hydrogens is 289 g/mol. The molecule has 0 radical (unpaired) electrons. The maximum atomic E-state index is 12.9. The van der Waals surface area contributed by atoms with Gasteiger partial charge in [-0.1, -0.05) is 11.8 Å². The van der Waals surface area contributed by atoms with Crippen molar-refractivity contribution >= 4 is 22.9 Å². The van der Waals surface area contributed by atoms with Crippen molar-refractivity contribution in [2.45, 2.75) is 6.92 Å². The lowest BCUT2D eigenvalue weighted by molar-refractivity contribution is 0.0997. The number of thiophene rings is 1. The average molecular weight is 303 g/mol. The maximum Gasteiger partial charge on any atom is 0.268 e. The van der Waals surface area contributed by atoms with Gasteiger partial charge in [-0.25, -0.2) is 4.39 Å². The lowest BCUT2D eigenvalue weighted by Gasteiger charge is -2.16. The fourth-order valence-corrected chi connectivity index (χ4v) is 2.80. The molecule has 21 heavy (non-hydrogen) atoms. The van der Waals surface area contributed by atoms with E-state index in [-0.39, 0.29) is 18.3 Å². The SMILES string of the molecule is Cc1cc(C(=O)N(C)c2ccc(F)cc2)sc1C#CCO. The van der Waals surface area contributed by atoms with Crippen molar-refractivity contribution in [3.8, 4) is 11.8 Å². The molecule has 0 aliphatic carbocycles. The van der Waals surface area contributed by atoms with Gasteiger partial charge in [0.25, 0.3) is 5.91 Å². The summed E-state index contributed by atoms with van der Waals surface area (Å²) in [5.41, 5.74) is 1.52. The molecule has 5 heteroatoms. The second-order valence-electron chi connectivity index (χ2n) is 4.42. The molecule has 2 rings (SSSR count). The van der Waals surface area contributed by atoms with Crippen molar-refractivity contribution in [2.75, 3.05) is 18.6 Å². The molecule has 0 spiro atoms. The van der Waals surface area contributed by atoms with Gasteiger partial charge in [-0.15, -0.1) is 11.3 Å². The van der Waals surface area contributed by atoms with Gasteiger partial charge >= 0.3 is 0 Å². The van der Waals surface area contributed by atoms with Gasteiger partial charge in [0.2, 0.25) is 0 Å². The monoisotopic (exact) mass is 303 g/mol. The van der Waals surface area contributed by atoms with Crippen LogP contribution >= 0.6 is 11.3 Å². The zero-order valence-electron chi connectivity index (χ0n) is 11.7. The largest absolute Gasteiger partial charge is 0.384 e. The Bertz CT molecular complexity index is 710. The van der Waals surface area contributed by atoms with Crippen molar-refractivity contribution in [3.05, 3.63) is 51.5 Å². The zero-order valence-corrected chi connectivity index (χ0v) is 12.5. The molecule has 108 valence electrons. The fraction of sp³-hybridized carbons (Fsp3) is 0.188. The number of anilines is 1. The predicted octanol–water partition coefficient (Wildman–Crippen LogP) is 2.82. The van der Waals surface area contributed by atoms with E-state index < -0.39 is 0 Å². The number of benzene rings is 1. The van der Waals surface area contributed by atoms with E-state index in [1.165, 1.54) is 28.4 Å². The number of amides is 1. The molecule has 0 saturated carbocycles. The molecule has 1 N–H and O–H groups in total. The molecule has 1 heterocycles. The van der Waals surface area contributed by atoms with E-state index in [4.69, 9.17) is 5.11 Å². The number of hydrogen-bond donors (Lipinski definition) is 1. The van der Waals surface area contributed by atoms with E-state index in [0.717, 1.165) is 10.4 Å². The second kappa shape index (κ2) is 6.53. The summed E-state index contributed by atoms with van der Waals surface area (Å²) in [6, 6.07) is 7.52. The van der Waals surface area contributed by atoms with Crippen LogP contribution in [0.2, 0.25) is 0 Å². The Kier molecular flexibility index (Phi) is 4.73. The number of aryl methyl sites for hydroxylation is 1. The highest BCUT2D eigenvalue weighted by atomic mass is 32.1. The van der Waals surface area contributed by atoms with Crippen LogP contribution in [0.15, 0.2) is 30.3 Å². The molecule has 3 nitrogen and oxygen atoms in total. The van der Waals surface area contributed by atoms with Gasteiger partial charge in [0.1, 0.15) is 12.4 Å². The minimum Gasteiger partial charge on any atom is -0.384 e. The van der Waals surface area contributed by atoms with Crippen LogP contribution in [0, 0.1) is 24.6 Å². The number of aliphatic hydroxyl groups excluding tert-OH is 1. The molecule has 1 aromatic carbocycles. The van der Waals surface area contributed by atoms with Gasteiger partial charge in [-0.05, 0) is 42.8 Å². The van der Waals surface area contributed by atoms with Crippen LogP contribution in [0.1, 0.15) is 20.1 Å². The number of carbonyl (C=O) groups is 1. The van der Waals surface area contributed by atoms with Gasteiger partial charge in [-0.2, -0.15) is 0 Å². The molecule has 0 atom stereocenters. The Morgan fingerprint density at radius 1 is 1.38 bits per heavy atom. The van der Waals surface area contributed by atoms with Crippen molar-refractivity contribution in [1.82, 2.24) is 0 Å². The van der Waals surface area contributed by atoms with Gasteiger partial charge in [0, 0.05) is 12.7 Å². The van der Waals surface area contributed by atoms with E-state index in [1.54, 1.807) is 25.2 Å². The lowest BCUT2D eigenvalue weighted by Crippen LogP contribution is -2.25. The summed E-state index contributed by atoms with van der Waals surface area (Å²) in [7, 11) is 1.64. The van der Waals surface area contributed by atoms with Crippen molar-refractivity contribution in [1.29, 1.82) is 0 Å². The van der Waals surface area contributed by atoms with E-state index in [9.17, 15) is 9.18 Å². The molecule has 1 aromatic heterocycles. The van der Waals surface area contributed by atoms with Crippen LogP contribution in [-0.4, -0.2) is 24.7 Å². The number of aliphatic hydroxyl groups is 1. The lowest BCUT2D eigenvalue weighted by atomic mass is 10.2. The first-order valence-electron chi connectivity index (χ1n) is 6.26. The number of carbonyl (C=O) groups excluding carboxylic acids is 1. The minimum atomic E-state index is -0.340. The Balaban J connectivity index is 2.25. The van der Waals surface area contributed by atoms with E-state index >= 15 is 0 Å². The summed E-state index contributed by atoms with van der Waals surface area (Å²) >= 11 is 1.28. The number of halogens is 1. The molecule has 0 bridgehead atoms. The molecule has 0 unspecified atom stereocenters. The first kappa shape index (κ1) is 15.2. The molecule has 0 saturated heterocycles. The van der Waals surface area contributed by atoms with Crippen LogP contribution in [0.4, 0.5) is 10.1 Å². The summed E-state index contributed by atoms with van der Waals surface area (Å²) in [5, 5.41) is 8.72. The number of nitrogens with zero attached hydrogens (tertiary/aromatic N) is 1. The second-order valence-corrected chi connectivity index (χ2v) is 5.48. The molecule has 0 fully saturated rings. The van der Waals surface area contributed by atoms with Crippen LogP contribution < -0.4 is 4.90 Å². The van der Waals surface area contributed by atoms with Crippen LogP contribution in [0.25, 0.3) is 0 Å². The molecule has 0 aliphatic rings. The Hall–Kier alpha value is -2.16. The molecule has 2 aromatic rings. The van der Waals surface area contributed by atoms with Gasteiger partial charge in [0.15, 0.2) is 0 Å². The highest BCUT2D eigenvalue weighted by molar-refractivity contribution is 7.14. The van der Waals surface area contributed by atoms with Crippen molar-refractivity contribution in [2.24, 2.45) is 0 Å². The normalized spacial score (nSPS) is 9.90. The summed E-state index contributed by atoms with van der Waals surface area (Å²) in [6.07, 6.45) is 0. The Labute approximate surface area is 126 Å². The smallest absolute Gasteiger partial charge is 0.268 e. The van der Waals surface area contributed by atoms with Crippen LogP contribution in [0.5, 0.6) is 0 Å². The van der Waals surface area contributed by atoms with Crippen molar-refractivity contribution in [3.63, 3.8) is 0 Å². The first-order chi connectivity index (χ1) is 10.0. The van der Waals surface area contributed by atoms with E-state index in [2.05, 4.69) is 11.8 Å². The summed E-state index contributed by atoms with van der Waals surface area (Å²) < 4.78 is 12.9. The summed E-state index contributed by atoms with van der Waals surface area (Å²) in [5.74, 6) is 4.88. The standard InChI is InChI=1S/C16H14FNO2S/c1-11-10-15(21-14(11)4-3-9-19)16(20)18(2)13-7-5-12(17)6-8-13/h5-8,10,19H,9H2,1-2H3. The highest BCUT2D eigenvalue weighted by Crippen LogP contribution is 2.24. The third-order valence-corrected chi connectivity index (χ3v) is 4.07. The quantitative estimate of drug-likeness (QED) is 0.867. The van der Waals surface area contributed by atoms with Gasteiger partial charge in [-0.3, -0.25) is 4.79 Å². The third kappa shape index (κ3) is 3.48. The zero-order chi connectivity index (χ0) is 15.4. The van der Waals surface area contributed by atoms with Gasteiger partial charge < -0.3 is 10.0 Å². The molecular formula is C16H14FNO2S. The number of hydrogen-bond acceptors (Lipinski definition) is 3. The predicted molar refractivity (Wildman–Crippen MR) is 82.2 cm³/mol. The Morgan fingerprint density at radius 3 is 2.67 bits per heavy atom. The summed E-state index contributed by atoms with van der Waals surface area (Å²) in [4.78, 5) is 15.2. The van der Waals surface area contributed by atoms with E-state index in [1.807, 2.05) is 6.92 Å². The molecule has 1 amide bonds.